The number of hydrogen-bond acceptors (Lipinski definition) is 5. The summed E-state index contributed by atoms with van der Waals surface area (Å²) in [5.41, 5.74) is 8.47. The van der Waals surface area contributed by atoms with Gasteiger partial charge in [0.05, 0.1) is 28.6 Å². The Bertz CT molecular complexity index is 973. The van der Waals surface area contributed by atoms with Crippen molar-refractivity contribution in [3.63, 3.8) is 0 Å². The molecule has 0 bridgehead atoms. The largest absolute Gasteiger partial charge is 0.492 e. The molecule has 0 radical (unpaired) electrons. The molecule has 8 heteroatoms. The Morgan fingerprint density at radius 1 is 1.32 bits per heavy atom. The second-order valence-corrected chi connectivity index (χ2v) is 7.47. The van der Waals surface area contributed by atoms with Crippen LogP contribution < -0.4 is 20.7 Å². The van der Waals surface area contributed by atoms with Gasteiger partial charge in [-0.3, -0.25) is 4.79 Å². The first-order valence-corrected chi connectivity index (χ1v) is 9.89. The van der Waals surface area contributed by atoms with Crippen molar-refractivity contribution in [2.75, 3.05) is 18.2 Å². The van der Waals surface area contributed by atoms with E-state index in [-0.39, 0.29) is 23.6 Å². The quantitative estimate of drug-likeness (QED) is 0.765. The summed E-state index contributed by atoms with van der Waals surface area (Å²) in [6.07, 6.45) is 1.96. The number of nitrogens with zero attached hydrogens (tertiary/aromatic N) is 2. The molecule has 0 spiro atoms. The number of aliphatic imine (C=N–C) groups is 1. The van der Waals surface area contributed by atoms with E-state index >= 15 is 0 Å². The van der Waals surface area contributed by atoms with Crippen LogP contribution in [0.1, 0.15) is 35.7 Å². The number of para-hydroxylation sites is 1. The number of ether oxygens (including phenoxy) is 1. The average Bonchev–Trinajstić information content (AvgIpc) is 3.50. The highest BCUT2D eigenvalue weighted by atomic mass is 35.5. The van der Waals surface area contributed by atoms with Gasteiger partial charge in [-0.1, -0.05) is 35.3 Å². The molecule has 2 aromatic carbocycles. The van der Waals surface area contributed by atoms with Crippen LogP contribution in [0.2, 0.25) is 10.0 Å². The van der Waals surface area contributed by atoms with Crippen LogP contribution in [0.15, 0.2) is 35.3 Å². The molecule has 4 rings (SSSR count). The van der Waals surface area contributed by atoms with E-state index in [0.29, 0.717) is 34.5 Å². The first-order chi connectivity index (χ1) is 13.5. The standard InChI is InChI=1S/C20H20Cl2N4O2/c1-2-28-15-9-13(20(27)25-11-7-8-11)16(21)18(17(15)22)26-10-24-19(23)12-5-3-4-6-14(12)26/h3-6,9,11H,2,7-8,10H2,1H3,(H2,23,24)(H,25,27). The van der Waals surface area contributed by atoms with Crippen molar-refractivity contribution in [3.05, 3.63) is 51.5 Å². The molecule has 2 aliphatic rings. The third-order valence-electron chi connectivity index (χ3n) is 4.72. The zero-order valence-corrected chi connectivity index (χ0v) is 16.8. The van der Waals surface area contributed by atoms with E-state index in [2.05, 4.69) is 10.3 Å². The minimum Gasteiger partial charge on any atom is -0.492 e. The van der Waals surface area contributed by atoms with Gasteiger partial charge in [-0.15, -0.1) is 0 Å². The number of nitrogens with one attached hydrogen (secondary N) is 1. The van der Waals surface area contributed by atoms with Gasteiger partial charge in [0.1, 0.15) is 23.3 Å². The summed E-state index contributed by atoms with van der Waals surface area (Å²) in [5.74, 6) is 0.621. The van der Waals surface area contributed by atoms with Gasteiger partial charge >= 0.3 is 0 Å². The van der Waals surface area contributed by atoms with E-state index in [4.69, 9.17) is 33.7 Å². The number of halogens is 2. The third-order valence-corrected chi connectivity index (χ3v) is 5.47. The van der Waals surface area contributed by atoms with E-state index in [1.165, 1.54) is 0 Å². The smallest absolute Gasteiger partial charge is 0.253 e. The number of fused-ring (bicyclic) bond motifs is 1. The van der Waals surface area contributed by atoms with Crippen LogP contribution in [-0.2, 0) is 0 Å². The Morgan fingerprint density at radius 2 is 2.07 bits per heavy atom. The van der Waals surface area contributed by atoms with Crippen molar-refractivity contribution in [1.29, 1.82) is 0 Å². The Kier molecular flexibility index (Phi) is 5.08. The number of anilines is 2. The van der Waals surface area contributed by atoms with Gasteiger partial charge in [0.25, 0.3) is 5.91 Å². The molecule has 1 fully saturated rings. The van der Waals surface area contributed by atoms with E-state index in [9.17, 15) is 4.79 Å². The summed E-state index contributed by atoms with van der Waals surface area (Å²) in [4.78, 5) is 19.0. The molecule has 6 nitrogen and oxygen atoms in total. The van der Waals surface area contributed by atoms with Crippen LogP contribution in [0.3, 0.4) is 0 Å². The van der Waals surface area contributed by atoms with Crippen LogP contribution in [0.4, 0.5) is 11.4 Å². The Morgan fingerprint density at radius 3 is 2.79 bits per heavy atom. The Balaban J connectivity index is 1.86. The van der Waals surface area contributed by atoms with Gasteiger partial charge in [-0.25, -0.2) is 4.99 Å². The molecule has 0 aromatic heterocycles. The first kappa shape index (κ1) is 18.9. The predicted molar refractivity (Wildman–Crippen MR) is 112 cm³/mol. The molecule has 1 aliphatic heterocycles. The lowest BCUT2D eigenvalue weighted by Crippen LogP contribution is -2.30. The van der Waals surface area contributed by atoms with Crippen molar-refractivity contribution in [3.8, 4) is 5.75 Å². The molecular formula is C20H20Cl2N4O2. The highest BCUT2D eigenvalue weighted by molar-refractivity contribution is 6.42. The van der Waals surface area contributed by atoms with E-state index in [1.54, 1.807) is 6.07 Å². The predicted octanol–water partition coefficient (Wildman–Crippen LogP) is 4.10. The van der Waals surface area contributed by atoms with Gasteiger partial charge in [0.15, 0.2) is 0 Å². The molecule has 1 aliphatic carbocycles. The van der Waals surface area contributed by atoms with Gasteiger partial charge < -0.3 is 20.7 Å². The SMILES string of the molecule is CCOc1cc(C(=O)NC2CC2)c(Cl)c(N2CN=C(N)c3ccccc32)c1Cl. The number of carbonyl (C=O) groups excluding carboxylic acids is 1. The maximum absolute atomic E-state index is 12.8. The van der Waals surface area contributed by atoms with Gasteiger partial charge in [0, 0.05) is 11.6 Å². The highest BCUT2D eigenvalue weighted by Gasteiger charge is 2.30. The summed E-state index contributed by atoms with van der Waals surface area (Å²) in [6.45, 7) is 2.50. The van der Waals surface area contributed by atoms with Crippen LogP contribution in [0, 0.1) is 0 Å². The minimum atomic E-state index is -0.236. The molecule has 1 heterocycles. The number of amides is 1. The van der Waals surface area contributed by atoms with Crippen LogP contribution in [0.5, 0.6) is 5.75 Å². The molecule has 1 amide bonds. The third kappa shape index (κ3) is 3.38. The summed E-state index contributed by atoms with van der Waals surface area (Å²) in [7, 11) is 0. The van der Waals surface area contributed by atoms with Gasteiger partial charge in [-0.2, -0.15) is 0 Å². The number of hydrogen-bond donors (Lipinski definition) is 2. The molecular weight excluding hydrogens is 399 g/mol. The second kappa shape index (κ2) is 7.53. The van der Waals surface area contributed by atoms with E-state index in [0.717, 1.165) is 24.1 Å². The monoisotopic (exact) mass is 418 g/mol. The normalized spacial score (nSPS) is 15.7. The van der Waals surface area contributed by atoms with Crippen LogP contribution in [-0.4, -0.2) is 31.1 Å². The van der Waals surface area contributed by atoms with Gasteiger partial charge in [-0.05, 0) is 38.0 Å². The molecule has 146 valence electrons. The summed E-state index contributed by atoms with van der Waals surface area (Å²) in [5, 5.41) is 3.56. The Hall–Kier alpha value is -2.44. The molecule has 3 N–H and O–H groups in total. The number of carbonyl (C=O) groups is 1. The maximum atomic E-state index is 12.8. The van der Waals surface area contributed by atoms with Crippen molar-refractivity contribution >= 4 is 46.3 Å². The van der Waals surface area contributed by atoms with Crippen LogP contribution in [0.25, 0.3) is 0 Å². The average molecular weight is 419 g/mol. The number of benzene rings is 2. The van der Waals surface area contributed by atoms with Crippen molar-refractivity contribution in [1.82, 2.24) is 5.32 Å². The number of nitrogens with two attached hydrogens (primary N) is 1. The minimum absolute atomic E-state index is 0.207. The maximum Gasteiger partial charge on any atom is 0.253 e. The molecule has 2 aromatic rings. The van der Waals surface area contributed by atoms with Crippen LogP contribution >= 0.6 is 23.2 Å². The number of rotatable bonds is 5. The van der Waals surface area contributed by atoms with Crippen molar-refractivity contribution < 1.29 is 9.53 Å². The zero-order chi connectivity index (χ0) is 19.8. The molecule has 0 saturated heterocycles. The van der Waals surface area contributed by atoms with E-state index in [1.807, 2.05) is 36.1 Å². The fraction of sp³-hybridized carbons (Fsp3) is 0.300. The van der Waals surface area contributed by atoms with Crippen molar-refractivity contribution in [2.45, 2.75) is 25.8 Å². The highest BCUT2D eigenvalue weighted by Crippen LogP contribution is 2.46. The molecule has 0 atom stereocenters. The number of amidine groups is 1. The summed E-state index contributed by atoms with van der Waals surface area (Å²) in [6, 6.07) is 9.40. The topological polar surface area (TPSA) is 80.0 Å². The van der Waals surface area contributed by atoms with Gasteiger partial charge in [0.2, 0.25) is 0 Å². The lowest BCUT2D eigenvalue weighted by atomic mass is 10.1. The second-order valence-electron chi connectivity index (χ2n) is 6.71. The molecule has 28 heavy (non-hydrogen) atoms. The molecule has 1 saturated carbocycles. The summed E-state index contributed by atoms with van der Waals surface area (Å²) < 4.78 is 5.69. The lowest BCUT2D eigenvalue weighted by Gasteiger charge is -2.31. The molecule has 0 unspecified atom stereocenters. The fourth-order valence-corrected chi connectivity index (χ4v) is 3.87. The van der Waals surface area contributed by atoms with E-state index < -0.39 is 0 Å². The fourth-order valence-electron chi connectivity index (χ4n) is 3.18. The summed E-state index contributed by atoms with van der Waals surface area (Å²) >= 11 is 13.4. The lowest BCUT2D eigenvalue weighted by molar-refractivity contribution is 0.0951. The zero-order valence-electron chi connectivity index (χ0n) is 15.3. The Labute approximate surface area is 173 Å². The first-order valence-electron chi connectivity index (χ1n) is 9.13. The van der Waals surface area contributed by atoms with Crippen molar-refractivity contribution in [2.24, 2.45) is 10.7 Å².